The van der Waals surface area contributed by atoms with E-state index in [2.05, 4.69) is 24.9 Å². The van der Waals surface area contributed by atoms with Crippen LogP contribution in [0.4, 0.5) is 0 Å². The Morgan fingerprint density at radius 3 is 2.56 bits per heavy atom. The van der Waals surface area contributed by atoms with E-state index in [1.165, 1.54) is 50.5 Å². The number of hydrogen-bond donors (Lipinski definition) is 0. The largest absolute Gasteiger partial charge is 0.493 e. The Bertz CT molecular complexity index is 1030. The van der Waals surface area contributed by atoms with Crippen LogP contribution in [-0.2, 0) is 26.2 Å². The second-order valence-electron chi connectivity index (χ2n) is 11.1. The Morgan fingerprint density at radius 1 is 1.11 bits per heavy atom. The van der Waals surface area contributed by atoms with E-state index < -0.39 is 17.1 Å². The summed E-state index contributed by atoms with van der Waals surface area (Å²) in [5.74, 6) is 1.06. The number of ether oxygens (including phenoxy) is 3. The molecule has 1 aromatic carbocycles. The fourth-order valence-electron chi connectivity index (χ4n) is 7.26. The van der Waals surface area contributed by atoms with Crippen molar-refractivity contribution in [3.05, 3.63) is 35.4 Å². The van der Waals surface area contributed by atoms with E-state index in [4.69, 9.17) is 14.2 Å². The van der Waals surface area contributed by atoms with Gasteiger partial charge < -0.3 is 14.2 Å². The highest BCUT2D eigenvalue weighted by Crippen LogP contribution is 2.64. The van der Waals surface area contributed by atoms with Gasteiger partial charge in [0.25, 0.3) is 0 Å². The summed E-state index contributed by atoms with van der Waals surface area (Å²) in [6.07, 6.45) is 15.5. The first-order chi connectivity index (χ1) is 17.5. The minimum atomic E-state index is -0.917. The summed E-state index contributed by atoms with van der Waals surface area (Å²) in [5.41, 5.74) is 0.560. The molecular weight excluding hydrogens is 454 g/mol. The first-order valence-electron chi connectivity index (χ1n) is 14.0. The van der Waals surface area contributed by atoms with Gasteiger partial charge in [0.15, 0.2) is 29.0 Å². The van der Waals surface area contributed by atoms with E-state index in [-0.39, 0.29) is 17.8 Å². The zero-order valence-electron chi connectivity index (χ0n) is 22.1. The Kier molecular flexibility index (Phi) is 7.17. The van der Waals surface area contributed by atoms with Crippen LogP contribution >= 0.6 is 0 Å². The quantitative estimate of drug-likeness (QED) is 0.290. The first-order valence-corrected chi connectivity index (χ1v) is 14.0. The minimum Gasteiger partial charge on any atom is -0.493 e. The van der Waals surface area contributed by atoms with Crippen molar-refractivity contribution in [3.63, 3.8) is 0 Å². The SMILES string of the molecule is CCCCCCCCCCCC(=O)O[C@@]12C=CC(=O)[C@@H]3Oc4c(OC)ccc5c4[C@@]31CCN(C)[C@@H]2C5. The van der Waals surface area contributed by atoms with Crippen LogP contribution in [0.5, 0.6) is 11.5 Å². The van der Waals surface area contributed by atoms with Crippen LogP contribution in [0.1, 0.15) is 88.7 Å². The number of benzene rings is 1. The normalized spacial score (nSPS) is 29.6. The minimum absolute atomic E-state index is 0.0411. The van der Waals surface area contributed by atoms with Crippen LogP contribution in [0, 0.1) is 0 Å². The molecule has 4 atom stereocenters. The molecule has 1 fully saturated rings. The molecule has 6 nitrogen and oxygen atoms in total. The Labute approximate surface area is 215 Å². The van der Waals surface area contributed by atoms with Crippen LogP contribution in [0.3, 0.4) is 0 Å². The summed E-state index contributed by atoms with van der Waals surface area (Å²) in [4.78, 5) is 28.8. The maximum Gasteiger partial charge on any atom is 0.306 e. The number of ketones is 1. The van der Waals surface area contributed by atoms with Gasteiger partial charge in [-0.3, -0.25) is 14.5 Å². The van der Waals surface area contributed by atoms with Gasteiger partial charge in [-0.15, -0.1) is 0 Å². The molecule has 196 valence electrons. The fraction of sp³-hybridized carbons (Fsp3) is 0.667. The molecule has 2 heterocycles. The van der Waals surface area contributed by atoms with Gasteiger partial charge in [-0.2, -0.15) is 0 Å². The van der Waals surface area contributed by atoms with Crippen LogP contribution < -0.4 is 9.47 Å². The molecule has 0 N–H and O–H groups in total. The van der Waals surface area contributed by atoms with E-state index in [0.29, 0.717) is 24.3 Å². The number of carbonyl (C=O) groups excluding carboxylic acids is 2. The van der Waals surface area contributed by atoms with Crippen LogP contribution in [-0.4, -0.2) is 55.1 Å². The number of nitrogens with zero attached hydrogens (tertiary/aromatic N) is 1. The van der Waals surface area contributed by atoms with Gasteiger partial charge in [0, 0.05) is 12.0 Å². The molecule has 0 amide bonds. The van der Waals surface area contributed by atoms with Crippen molar-refractivity contribution < 1.29 is 23.8 Å². The monoisotopic (exact) mass is 495 g/mol. The second kappa shape index (κ2) is 10.2. The molecule has 2 aliphatic heterocycles. The molecule has 0 radical (unpaired) electrons. The number of unbranched alkanes of at least 4 members (excludes halogenated alkanes) is 8. The molecular formula is C30H41NO5. The topological polar surface area (TPSA) is 65.1 Å². The molecule has 0 unspecified atom stereocenters. The van der Waals surface area contributed by atoms with Gasteiger partial charge in [0.2, 0.25) is 0 Å². The molecule has 6 heteroatoms. The Morgan fingerprint density at radius 2 is 1.83 bits per heavy atom. The molecule has 5 rings (SSSR count). The maximum atomic E-state index is 13.3. The third-order valence-corrected chi connectivity index (χ3v) is 9.07. The molecule has 1 spiro atoms. The molecule has 4 aliphatic rings. The van der Waals surface area contributed by atoms with Crippen LogP contribution in [0.15, 0.2) is 24.3 Å². The summed E-state index contributed by atoms with van der Waals surface area (Å²) >= 11 is 0. The van der Waals surface area contributed by atoms with Crippen molar-refractivity contribution >= 4 is 11.8 Å². The smallest absolute Gasteiger partial charge is 0.306 e. The Hall–Kier alpha value is -2.34. The van der Waals surface area contributed by atoms with E-state index in [0.717, 1.165) is 31.4 Å². The first kappa shape index (κ1) is 25.3. The summed E-state index contributed by atoms with van der Waals surface area (Å²) in [6.45, 7) is 3.06. The van der Waals surface area contributed by atoms with Crippen LogP contribution in [0.25, 0.3) is 0 Å². The van der Waals surface area contributed by atoms with E-state index >= 15 is 0 Å². The van der Waals surface area contributed by atoms with E-state index in [1.54, 1.807) is 13.2 Å². The summed E-state index contributed by atoms with van der Waals surface area (Å²) < 4.78 is 18.5. The number of carbonyl (C=O) groups is 2. The number of rotatable bonds is 12. The molecule has 0 saturated carbocycles. The lowest BCUT2D eigenvalue weighted by Gasteiger charge is -2.61. The molecule has 2 bridgehead atoms. The van der Waals surface area contributed by atoms with Crippen molar-refractivity contribution in [2.24, 2.45) is 0 Å². The molecule has 36 heavy (non-hydrogen) atoms. The van der Waals surface area contributed by atoms with Crippen molar-refractivity contribution in [1.29, 1.82) is 0 Å². The third-order valence-electron chi connectivity index (χ3n) is 9.07. The van der Waals surface area contributed by atoms with Crippen molar-refractivity contribution in [2.45, 2.75) is 107 Å². The van der Waals surface area contributed by atoms with Gasteiger partial charge in [0.05, 0.1) is 18.6 Å². The van der Waals surface area contributed by atoms with Gasteiger partial charge in [-0.25, -0.2) is 0 Å². The number of esters is 1. The van der Waals surface area contributed by atoms with Crippen LogP contribution in [0.2, 0.25) is 0 Å². The molecule has 1 saturated heterocycles. The van der Waals surface area contributed by atoms with E-state index in [1.807, 2.05) is 12.1 Å². The highest BCUT2D eigenvalue weighted by Gasteiger charge is 2.74. The summed E-state index contributed by atoms with van der Waals surface area (Å²) in [6, 6.07) is 3.98. The van der Waals surface area contributed by atoms with Crippen molar-refractivity contribution in [1.82, 2.24) is 4.90 Å². The molecule has 1 aromatic rings. The number of methoxy groups -OCH3 is 1. The number of piperidine rings is 1. The third kappa shape index (κ3) is 3.87. The van der Waals surface area contributed by atoms with E-state index in [9.17, 15) is 9.59 Å². The highest BCUT2D eigenvalue weighted by atomic mass is 16.6. The van der Waals surface area contributed by atoms with Gasteiger partial charge >= 0.3 is 5.97 Å². The predicted molar refractivity (Wildman–Crippen MR) is 139 cm³/mol. The molecule has 0 aromatic heterocycles. The highest BCUT2D eigenvalue weighted by molar-refractivity contribution is 5.99. The van der Waals surface area contributed by atoms with Gasteiger partial charge in [-0.05, 0) is 56.6 Å². The van der Waals surface area contributed by atoms with Gasteiger partial charge in [0.1, 0.15) is 0 Å². The fourth-order valence-corrected chi connectivity index (χ4v) is 7.26. The average Bonchev–Trinajstić information content (AvgIpc) is 3.23. The average molecular weight is 496 g/mol. The standard InChI is InChI=1S/C30H41NO5/c1-4-5-6-7-8-9-10-11-12-13-25(33)36-30-17-16-22(32)28-29(30)18-19-31(2)24(30)20-21-14-15-23(34-3)27(35-28)26(21)29/h14-17,24,28H,4-13,18-20H2,1-3H3/t24-,28+,29+,30-/m1/s1. The van der Waals surface area contributed by atoms with Crippen molar-refractivity contribution in [2.75, 3.05) is 20.7 Å². The Balaban J connectivity index is 1.34. The summed E-state index contributed by atoms with van der Waals surface area (Å²) in [7, 11) is 3.72. The zero-order valence-corrected chi connectivity index (χ0v) is 22.1. The number of hydrogen-bond acceptors (Lipinski definition) is 6. The zero-order chi connectivity index (χ0) is 25.3. The lowest BCUT2D eigenvalue weighted by Crippen LogP contribution is -2.75. The number of likely N-dealkylation sites (N-methyl/N-ethyl adjacent to an activating group) is 1. The lowest BCUT2D eigenvalue weighted by atomic mass is 9.50. The van der Waals surface area contributed by atoms with Crippen molar-refractivity contribution in [3.8, 4) is 11.5 Å². The second-order valence-corrected chi connectivity index (χ2v) is 11.1. The maximum absolute atomic E-state index is 13.3. The number of likely N-dealkylation sites (tertiary alicyclic amines) is 1. The predicted octanol–water partition coefficient (Wildman–Crippen LogP) is 5.30. The lowest BCUT2D eigenvalue weighted by molar-refractivity contribution is -0.190. The van der Waals surface area contributed by atoms with Gasteiger partial charge in [-0.1, -0.05) is 64.4 Å². The summed E-state index contributed by atoms with van der Waals surface area (Å²) in [5, 5.41) is 0. The molecule has 2 aliphatic carbocycles.